The number of likely N-dealkylation sites (tertiary alicyclic amines) is 1. The number of aromatic amines is 1. The fourth-order valence-electron chi connectivity index (χ4n) is 2.89. The lowest BCUT2D eigenvalue weighted by Gasteiger charge is -2.20. The van der Waals surface area contributed by atoms with Crippen LogP contribution in [-0.2, 0) is 4.79 Å². The number of H-pyrrole nitrogens is 1. The van der Waals surface area contributed by atoms with Crippen molar-refractivity contribution in [3.8, 4) is 0 Å². The monoisotopic (exact) mass is 318 g/mol. The van der Waals surface area contributed by atoms with E-state index in [1.54, 1.807) is 6.92 Å². The van der Waals surface area contributed by atoms with E-state index in [0.717, 1.165) is 6.07 Å². The van der Waals surface area contributed by atoms with Crippen molar-refractivity contribution in [1.82, 2.24) is 9.88 Å². The normalized spacial score (nSPS) is 20.9. The number of hydrogen-bond acceptors (Lipinski definition) is 3. The second kappa shape index (κ2) is 5.19. The summed E-state index contributed by atoms with van der Waals surface area (Å²) in [7, 11) is 0. The molecule has 0 radical (unpaired) electrons. The molecule has 7 heteroatoms. The first-order chi connectivity index (χ1) is 10.8. The number of aliphatic carboxylic acids is 1. The number of pyridine rings is 1. The molecule has 0 aliphatic carbocycles. The third-order valence-electron chi connectivity index (χ3n) is 4.31. The van der Waals surface area contributed by atoms with Gasteiger partial charge in [0, 0.05) is 24.5 Å². The molecule has 1 atom stereocenters. The smallest absolute Gasteiger partial charge is 0.311 e. The minimum absolute atomic E-state index is 0.0800. The summed E-state index contributed by atoms with van der Waals surface area (Å²) in [5.74, 6) is -1.89. The topological polar surface area (TPSA) is 90.5 Å². The van der Waals surface area contributed by atoms with Crippen molar-refractivity contribution in [3.05, 3.63) is 46.0 Å². The number of carboxylic acids is 1. The molecule has 0 spiro atoms. The first-order valence-corrected chi connectivity index (χ1v) is 7.15. The van der Waals surface area contributed by atoms with Gasteiger partial charge < -0.3 is 15.0 Å². The number of carboxylic acid groups (broad SMARTS) is 1. The van der Waals surface area contributed by atoms with Crippen LogP contribution in [0.15, 0.2) is 29.1 Å². The number of hydrogen-bond donors (Lipinski definition) is 2. The van der Waals surface area contributed by atoms with E-state index in [0.29, 0.717) is 18.4 Å². The zero-order valence-electron chi connectivity index (χ0n) is 12.4. The number of carbonyl (C=O) groups is 2. The molecule has 1 amide bonds. The number of nitrogens with zero attached hydrogens (tertiary/aromatic N) is 1. The molecule has 2 heterocycles. The molecule has 1 aliphatic rings. The van der Waals surface area contributed by atoms with Crippen LogP contribution < -0.4 is 5.56 Å². The molecule has 0 bridgehead atoms. The number of benzene rings is 1. The number of aromatic nitrogens is 1. The van der Waals surface area contributed by atoms with E-state index >= 15 is 0 Å². The second-order valence-corrected chi connectivity index (χ2v) is 6.08. The van der Waals surface area contributed by atoms with Gasteiger partial charge in [-0.3, -0.25) is 14.4 Å². The SMILES string of the molecule is CC1(C(=O)O)CCN(C(=O)c2cc(=O)[nH]c3cc(F)ccc23)C1. The van der Waals surface area contributed by atoms with Gasteiger partial charge in [0.1, 0.15) is 5.82 Å². The zero-order chi connectivity index (χ0) is 16.8. The molecule has 3 rings (SSSR count). The number of rotatable bonds is 2. The Kier molecular flexibility index (Phi) is 3.43. The van der Waals surface area contributed by atoms with Gasteiger partial charge in [-0.25, -0.2) is 4.39 Å². The summed E-state index contributed by atoms with van der Waals surface area (Å²) in [6.45, 7) is 1.97. The Morgan fingerprint density at radius 2 is 2.09 bits per heavy atom. The van der Waals surface area contributed by atoms with E-state index in [1.165, 1.54) is 23.1 Å². The molecule has 2 N–H and O–H groups in total. The molecule has 1 aromatic heterocycles. The first kappa shape index (κ1) is 15.2. The quantitative estimate of drug-likeness (QED) is 0.880. The first-order valence-electron chi connectivity index (χ1n) is 7.15. The molecule has 23 heavy (non-hydrogen) atoms. The van der Waals surface area contributed by atoms with E-state index in [4.69, 9.17) is 0 Å². The highest BCUT2D eigenvalue weighted by molar-refractivity contribution is 6.06. The number of nitrogens with one attached hydrogen (secondary N) is 1. The maximum atomic E-state index is 13.3. The maximum Gasteiger partial charge on any atom is 0.311 e. The fraction of sp³-hybridized carbons (Fsp3) is 0.312. The van der Waals surface area contributed by atoms with E-state index in [1.807, 2.05) is 0 Å². The Morgan fingerprint density at radius 1 is 1.35 bits per heavy atom. The Bertz CT molecular complexity index is 876. The largest absolute Gasteiger partial charge is 0.481 e. The highest BCUT2D eigenvalue weighted by Gasteiger charge is 2.42. The minimum atomic E-state index is -0.987. The van der Waals surface area contributed by atoms with Gasteiger partial charge in [-0.15, -0.1) is 0 Å². The summed E-state index contributed by atoms with van der Waals surface area (Å²) in [4.78, 5) is 39.6. The van der Waals surface area contributed by atoms with E-state index < -0.39 is 28.7 Å². The number of amides is 1. The molecule has 1 aliphatic heterocycles. The van der Waals surface area contributed by atoms with Crippen LogP contribution in [0.25, 0.3) is 10.9 Å². The summed E-state index contributed by atoms with van der Waals surface area (Å²) in [5, 5.41) is 9.68. The van der Waals surface area contributed by atoms with Gasteiger partial charge >= 0.3 is 5.97 Å². The predicted molar refractivity (Wildman–Crippen MR) is 80.8 cm³/mol. The van der Waals surface area contributed by atoms with Gasteiger partial charge in [0.2, 0.25) is 5.56 Å². The molecule has 1 unspecified atom stereocenters. The van der Waals surface area contributed by atoms with Crippen LogP contribution in [0, 0.1) is 11.2 Å². The average Bonchev–Trinajstić information content (AvgIpc) is 2.89. The zero-order valence-corrected chi connectivity index (χ0v) is 12.4. The lowest BCUT2D eigenvalue weighted by molar-refractivity contribution is -0.147. The van der Waals surface area contributed by atoms with Crippen LogP contribution in [0.1, 0.15) is 23.7 Å². The van der Waals surface area contributed by atoms with E-state index in [2.05, 4.69) is 4.98 Å². The van der Waals surface area contributed by atoms with Crippen LogP contribution in [0.5, 0.6) is 0 Å². The van der Waals surface area contributed by atoms with Crippen molar-refractivity contribution in [2.24, 2.45) is 5.41 Å². The number of carbonyl (C=O) groups excluding carboxylic acids is 1. The Balaban J connectivity index is 2.02. The third-order valence-corrected chi connectivity index (χ3v) is 4.31. The molecule has 1 aromatic carbocycles. The Labute approximate surface area is 130 Å². The molecular weight excluding hydrogens is 303 g/mol. The molecule has 6 nitrogen and oxygen atoms in total. The van der Waals surface area contributed by atoms with Gasteiger partial charge in [0.15, 0.2) is 0 Å². The van der Waals surface area contributed by atoms with Crippen LogP contribution >= 0.6 is 0 Å². The van der Waals surface area contributed by atoms with Gasteiger partial charge in [-0.1, -0.05) is 0 Å². The summed E-state index contributed by atoms with van der Waals surface area (Å²) in [6, 6.07) is 4.96. The summed E-state index contributed by atoms with van der Waals surface area (Å²) >= 11 is 0. The lowest BCUT2D eigenvalue weighted by atomic mass is 9.90. The highest BCUT2D eigenvalue weighted by Crippen LogP contribution is 2.31. The predicted octanol–water partition coefficient (Wildman–Crippen LogP) is 1.60. The van der Waals surface area contributed by atoms with Crippen LogP contribution in [0.3, 0.4) is 0 Å². The summed E-state index contributed by atoms with van der Waals surface area (Å²) in [5.41, 5.74) is -1.11. The Hall–Kier alpha value is -2.70. The van der Waals surface area contributed by atoms with Crippen LogP contribution in [0.4, 0.5) is 4.39 Å². The Morgan fingerprint density at radius 3 is 2.74 bits per heavy atom. The van der Waals surface area contributed by atoms with Crippen molar-refractivity contribution in [2.75, 3.05) is 13.1 Å². The van der Waals surface area contributed by atoms with E-state index in [9.17, 15) is 23.9 Å². The van der Waals surface area contributed by atoms with Gasteiger partial charge in [0.05, 0.1) is 16.5 Å². The van der Waals surface area contributed by atoms with Gasteiger partial charge in [0.25, 0.3) is 5.91 Å². The van der Waals surface area contributed by atoms with Crippen molar-refractivity contribution < 1.29 is 19.1 Å². The molecule has 2 aromatic rings. The summed E-state index contributed by atoms with van der Waals surface area (Å²) in [6.07, 6.45) is 0.351. The third kappa shape index (κ3) is 2.58. The van der Waals surface area contributed by atoms with Crippen LogP contribution in [-0.4, -0.2) is 40.0 Å². The molecule has 1 fully saturated rings. The molecule has 1 saturated heterocycles. The minimum Gasteiger partial charge on any atom is -0.481 e. The lowest BCUT2D eigenvalue weighted by Crippen LogP contribution is -2.35. The molecular formula is C16H15FN2O4. The van der Waals surface area contributed by atoms with Crippen molar-refractivity contribution in [2.45, 2.75) is 13.3 Å². The van der Waals surface area contributed by atoms with Crippen molar-refractivity contribution in [3.63, 3.8) is 0 Å². The van der Waals surface area contributed by atoms with Crippen molar-refractivity contribution in [1.29, 1.82) is 0 Å². The van der Waals surface area contributed by atoms with Gasteiger partial charge in [-0.2, -0.15) is 0 Å². The highest BCUT2D eigenvalue weighted by atomic mass is 19.1. The average molecular weight is 318 g/mol. The summed E-state index contributed by atoms with van der Waals surface area (Å²) < 4.78 is 13.3. The molecule has 0 saturated carbocycles. The number of halogens is 1. The fourth-order valence-corrected chi connectivity index (χ4v) is 2.89. The van der Waals surface area contributed by atoms with Crippen molar-refractivity contribution >= 4 is 22.8 Å². The van der Waals surface area contributed by atoms with Crippen LogP contribution in [0.2, 0.25) is 0 Å². The van der Waals surface area contributed by atoms with E-state index in [-0.39, 0.29) is 17.6 Å². The standard InChI is InChI=1S/C16H15FN2O4/c1-16(15(22)23)4-5-19(8-16)14(21)11-7-13(20)18-12-6-9(17)2-3-10(11)12/h2-3,6-7H,4-5,8H2,1H3,(H,18,20)(H,22,23). The second-order valence-electron chi connectivity index (χ2n) is 6.08. The maximum absolute atomic E-state index is 13.3. The molecule has 120 valence electrons. The van der Waals surface area contributed by atoms with Gasteiger partial charge in [-0.05, 0) is 31.5 Å². The number of fused-ring (bicyclic) bond motifs is 1.